The van der Waals surface area contributed by atoms with Gasteiger partial charge in [-0.1, -0.05) is 72.8 Å². The lowest BCUT2D eigenvalue weighted by Crippen LogP contribution is -2.00. The second-order valence-corrected chi connectivity index (χ2v) is 4.34. The maximum Gasteiger partial charge on any atom is 0.335 e. The maximum atomic E-state index is 11.3. The summed E-state index contributed by atoms with van der Waals surface area (Å²) in [7, 11) is 0. The van der Waals surface area contributed by atoms with Gasteiger partial charge in [0.2, 0.25) is 0 Å². The summed E-state index contributed by atoms with van der Waals surface area (Å²) >= 11 is 0. The monoisotopic (exact) mass is 264 g/mol. The second kappa shape index (κ2) is 6.53. The molecule has 20 heavy (non-hydrogen) atoms. The molecule has 2 aromatic carbocycles. The minimum absolute atomic E-state index is 0.318. The fourth-order valence-electron chi connectivity index (χ4n) is 2.03. The molecule has 0 aliphatic rings. The molecule has 0 amide bonds. The van der Waals surface area contributed by atoms with Gasteiger partial charge in [-0.3, -0.25) is 0 Å². The Morgan fingerprint density at radius 2 is 1.60 bits per heavy atom. The van der Waals surface area contributed by atoms with E-state index in [4.69, 9.17) is 0 Å². The molecule has 0 heterocycles. The fourth-order valence-corrected chi connectivity index (χ4v) is 2.03. The van der Waals surface area contributed by atoms with E-state index in [0.29, 0.717) is 5.57 Å². The molecule has 0 bridgehead atoms. The van der Waals surface area contributed by atoms with E-state index in [9.17, 15) is 9.90 Å². The van der Waals surface area contributed by atoms with Crippen LogP contribution in [0.25, 0.3) is 17.7 Å². The third-order valence-electron chi connectivity index (χ3n) is 3.02. The Bertz CT molecular complexity index is 652. The minimum atomic E-state index is -0.909. The molecule has 0 aromatic heterocycles. The van der Waals surface area contributed by atoms with E-state index in [1.165, 1.54) is 0 Å². The van der Waals surface area contributed by atoms with E-state index in [1.54, 1.807) is 13.0 Å². The van der Waals surface area contributed by atoms with Gasteiger partial charge in [-0.15, -0.1) is 0 Å². The van der Waals surface area contributed by atoms with Crippen molar-refractivity contribution in [2.45, 2.75) is 6.92 Å². The highest BCUT2D eigenvalue weighted by Crippen LogP contribution is 2.21. The molecule has 0 unspecified atom stereocenters. The first-order valence-electron chi connectivity index (χ1n) is 6.44. The summed E-state index contributed by atoms with van der Waals surface area (Å²) in [6, 6.07) is 17.4. The van der Waals surface area contributed by atoms with Crippen LogP contribution in [0, 0.1) is 0 Å². The van der Waals surface area contributed by atoms with Crippen LogP contribution >= 0.6 is 0 Å². The van der Waals surface area contributed by atoms with Gasteiger partial charge in [-0.25, -0.2) is 4.79 Å². The van der Waals surface area contributed by atoms with Gasteiger partial charge in [0, 0.05) is 0 Å². The molecule has 0 fully saturated rings. The van der Waals surface area contributed by atoms with E-state index in [1.807, 2.05) is 66.7 Å². The van der Waals surface area contributed by atoms with Crippen LogP contribution in [-0.2, 0) is 4.79 Å². The van der Waals surface area contributed by atoms with Gasteiger partial charge in [0.15, 0.2) is 0 Å². The average molecular weight is 264 g/mol. The van der Waals surface area contributed by atoms with Gasteiger partial charge in [-0.05, 0) is 23.6 Å². The Labute approximate surface area is 118 Å². The Morgan fingerprint density at radius 3 is 2.25 bits per heavy atom. The van der Waals surface area contributed by atoms with Gasteiger partial charge in [0.05, 0.1) is 5.57 Å². The van der Waals surface area contributed by atoms with Gasteiger partial charge in [-0.2, -0.15) is 0 Å². The molecule has 1 N–H and O–H groups in total. The lowest BCUT2D eigenvalue weighted by molar-refractivity contribution is -0.130. The number of hydrogen-bond acceptors (Lipinski definition) is 1. The summed E-state index contributed by atoms with van der Waals surface area (Å²) < 4.78 is 0. The highest BCUT2D eigenvalue weighted by atomic mass is 16.4. The van der Waals surface area contributed by atoms with E-state index in [0.717, 1.165) is 16.7 Å². The first-order valence-corrected chi connectivity index (χ1v) is 6.44. The molecule has 0 atom stereocenters. The standard InChI is InChI=1S/C18H16O2/c1-2-16(18(19)20)17-11-7-6-10-15(17)13-12-14-8-4-3-5-9-14/h2-13H,1H3,(H,19,20). The van der Waals surface area contributed by atoms with Crippen molar-refractivity contribution >= 4 is 23.7 Å². The number of hydrogen-bond donors (Lipinski definition) is 1. The van der Waals surface area contributed by atoms with Crippen molar-refractivity contribution in [3.8, 4) is 0 Å². The summed E-state index contributed by atoms with van der Waals surface area (Å²) in [6.45, 7) is 1.74. The minimum Gasteiger partial charge on any atom is -0.478 e. The fraction of sp³-hybridized carbons (Fsp3) is 0.0556. The predicted octanol–water partition coefficient (Wildman–Crippen LogP) is 4.34. The zero-order chi connectivity index (χ0) is 14.4. The molecule has 0 radical (unpaired) electrons. The van der Waals surface area contributed by atoms with Crippen LogP contribution < -0.4 is 0 Å². The highest BCUT2D eigenvalue weighted by molar-refractivity contribution is 6.16. The third kappa shape index (κ3) is 3.23. The van der Waals surface area contributed by atoms with Crippen molar-refractivity contribution in [2.75, 3.05) is 0 Å². The molecule has 0 aliphatic carbocycles. The summed E-state index contributed by atoms with van der Waals surface area (Å²) in [5.41, 5.74) is 3.03. The molecule has 0 saturated heterocycles. The van der Waals surface area contributed by atoms with Crippen LogP contribution in [-0.4, -0.2) is 11.1 Å². The molecule has 2 nitrogen and oxygen atoms in total. The molecular weight excluding hydrogens is 248 g/mol. The zero-order valence-electron chi connectivity index (χ0n) is 11.3. The Balaban J connectivity index is 2.39. The largest absolute Gasteiger partial charge is 0.478 e. The molecule has 0 spiro atoms. The number of carboxylic acids is 1. The van der Waals surface area contributed by atoms with Gasteiger partial charge < -0.3 is 5.11 Å². The molecule has 2 rings (SSSR count). The second-order valence-electron chi connectivity index (χ2n) is 4.34. The summed E-state index contributed by atoms with van der Waals surface area (Å²) in [6.07, 6.45) is 5.54. The number of rotatable bonds is 4. The lowest BCUT2D eigenvalue weighted by Gasteiger charge is -2.06. The quantitative estimate of drug-likeness (QED) is 0.658. The number of benzene rings is 2. The number of allylic oxidation sites excluding steroid dienone is 1. The van der Waals surface area contributed by atoms with Crippen molar-refractivity contribution in [1.82, 2.24) is 0 Å². The van der Waals surface area contributed by atoms with Crippen LogP contribution in [0.5, 0.6) is 0 Å². The van der Waals surface area contributed by atoms with E-state index >= 15 is 0 Å². The van der Waals surface area contributed by atoms with Gasteiger partial charge in [0.25, 0.3) is 0 Å². The Kier molecular flexibility index (Phi) is 4.51. The summed E-state index contributed by atoms with van der Waals surface area (Å²) in [4.78, 5) is 11.3. The van der Waals surface area contributed by atoms with Crippen LogP contribution in [0.15, 0.2) is 60.7 Å². The van der Waals surface area contributed by atoms with Crippen molar-refractivity contribution in [1.29, 1.82) is 0 Å². The van der Waals surface area contributed by atoms with Crippen LogP contribution in [0.2, 0.25) is 0 Å². The van der Waals surface area contributed by atoms with Gasteiger partial charge in [0.1, 0.15) is 0 Å². The molecule has 2 aromatic rings. The van der Waals surface area contributed by atoms with Crippen LogP contribution in [0.4, 0.5) is 0 Å². The molecule has 0 saturated carbocycles. The van der Waals surface area contributed by atoms with Crippen molar-refractivity contribution in [2.24, 2.45) is 0 Å². The first kappa shape index (κ1) is 13.8. The number of carboxylic acid groups (broad SMARTS) is 1. The Morgan fingerprint density at radius 1 is 0.950 bits per heavy atom. The zero-order valence-corrected chi connectivity index (χ0v) is 11.3. The normalized spacial score (nSPS) is 11.8. The molecule has 2 heteroatoms. The van der Waals surface area contributed by atoms with E-state index in [-0.39, 0.29) is 0 Å². The van der Waals surface area contributed by atoms with E-state index < -0.39 is 5.97 Å². The highest BCUT2D eigenvalue weighted by Gasteiger charge is 2.11. The van der Waals surface area contributed by atoms with Gasteiger partial charge >= 0.3 is 5.97 Å². The Hall–Kier alpha value is -2.61. The van der Waals surface area contributed by atoms with Crippen molar-refractivity contribution < 1.29 is 9.90 Å². The van der Waals surface area contributed by atoms with Crippen LogP contribution in [0.3, 0.4) is 0 Å². The maximum absolute atomic E-state index is 11.3. The molecular formula is C18H16O2. The van der Waals surface area contributed by atoms with Crippen molar-refractivity contribution in [3.05, 3.63) is 77.4 Å². The lowest BCUT2D eigenvalue weighted by atomic mass is 9.98. The predicted molar refractivity (Wildman–Crippen MR) is 83.1 cm³/mol. The van der Waals surface area contributed by atoms with Crippen molar-refractivity contribution in [3.63, 3.8) is 0 Å². The number of aliphatic carboxylic acids is 1. The summed E-state index contributed by atoms with van der Waals surface area (Å²) in [5, 5.41) is 9.24. The van der Waals surface area contributed by atoms with E-state index in [2.05, 4.69) is 0 Å². The topological polar surface area (TPSA) is 37.3 Å². The molecule has 100 valence electrons. The first-order chi connectivity index (χ1) is 9.72. The summed E-state index contributed by atoms with van der Waals surface area (Å²) in [5.74, 6) is -0.909. The number of carbonyl (C=O) groups is 1. The van der Waals surface area contributed by atoms with Crippen LogP contribution in [0.1, 0.15) is 23.6 Å². The smallest absolute Gasteiger partial charge is 0.335 e. The average Bonchev–Trinajstić information content (AvgIpc) is 2.48. The molecule has 0 aliphatic heterocycles. The SMILES string of the molecule is CC=C(C(=O)O)c1ccccc1C=Cc1ccccc1. The third-order valence-corrected chi connectivity index (χ3v) is 3.02.